The van der Waals surface area contributed by atoms with Gasteiger partial charge in [0, 0.05) is 19.5 Å². The van der Waals surface area contributed by atoms with Crippen molar-refractivity contribution >= 4 is 40.9 Å². The van der Waals surface area contributed by atoms with Crippen molar-refractivity contribution in [3.8, 4) is 0 Å². The van der Waals surface area contributed by atoms with E-state index in [0.29, 0.717) is 22.6 Å². The highest BCUT2D eigenvalue weighted by Crippen LogP contribution is 2.32. The van der Waals surface area contributed by atoms with Crippen molar-refractivity contribution in [2.45, 2.75) is 39.0 Å². The summed E-state index contributed by atoms with van der Waals surface area (Å²) in [5.41, 5.74) is 1.15. The molecular formula is C21H24ClN5O3. The van der Waals surface area contributed by atoms with Crippen LogP contribution >= 0.6 is 11.6 Å². The molecule has 2 atom stereocenters. The fourth-order valence-corrected chi connectivity index (χ4v) is 4.34. The largest absolute Gasteiger partial charge is 0.342 e. The van der Waals surface area contributed by atoms with Gasteiger partial charge in [-0.15, -0.1) is 0 Å². The number of rotatable bonds is 3. The van der Waals surface area contributed by atoms with E-state index < -0.39 is 17.4 Å². The lowest BCUT2D eigenvalue weighted by molar-refractivity contribution is -0.123. The summed E-state index contributed by atoms with van der Waals surface area (Å²) in [5.74, 6) is -0.701. The zero-order valence-corrected chi connectivity index (χ0v) is 17.7. The molecule has 4 rings (SSSR count). The van der Waals surface area contributed by atoms with Crippen LogP contribution in [0.2, 0.25) is 5.02 Å². The number of carbonyl (C=O) groups is 2. The zero-order chi connectivity index (χ0) is 21.4. The number of hydrogen-bond donors (Lipinski definition) is 3. The number of aromatic amines is 1. The van der Waals surface area contributed by atoms with Gasteiger partial charge in [0.1, 0.15) is 5.82 Å². The first kappa shape index (κ1) is 20.4. The molecule has 0 saturated carbocycles. The Morgan fingerprint density at radius 1 is 1.33 bits per heavy atom. The lowest BCUT2D eigenvalue weighted by Gasteiger charge is -2.32. The minimum atomic E-state index is -0.948. The van der Waals surface area contributed by atoms with Gasteiger partial charge in [0.05, 0.1) is 22.2 Å². The third kappa shape index (κ3) is 4.05. The smallest absolute Gasteiger partial charge is 0.258 e. The molecule has 1 aromatic carbocycles. The summed E-state index contributed by atoms with van der Waals surface area (Å²) in [6.45, 7) is 5.62. The number of aryl methyl sites for hydroxylation is 1. The number of anilines is 3. The topological polar surface area (TPSA) is 107 Å². The number of fused-ring (bicyclic) bond motifs is 1. The van der Waals surface area contributed by atoms with E-state index in [9.17, 15) is 14.4 Å². The maximum absolute atomic E-state index is 13.0. The molecule has 1 aromatic heterocycles. The Morgan fingerprint density at radius 3 is 2.87 bits per heavy atom. The van der Waals surface area contributed by atoms with E-state index in [2.05, 4.69) is 27.5 Å². The van der Waals surface area contributed by atoms with E-state index in [1.807, 2.05) is 17.9 Å². The Labute approximate surface area is 179 Å². The van der Waals surface area contributed by atoms with Crippen LogP contribution < -0.4 is 21.1 Å². The summed E-state index contributed by atoms with van der Waals surface area (Å²) in [6.07, 6.45) is 2.01. The van der Waals surface area contributed by atoms with Crippen molar-refractivity contribution in [2.75, 3.05) is 28.6 Å². The van der Waals surface area contributed by atoms with E-state index in [0.717, 1.165) is 31.5 Å². The van der Waals surface area contributed by atoms with Crippen molar-refractivity contribution in [1.82, 2.24) is 9.97 Å². The lowest BCUT2D eigenvalue weighted by Crippen LogP contribution is -2.40. The molecule has 2 amide bonds. The van der Waals surface area contributed by atoms with E-state index in [1.165, 1.54) is 0 Å². The van der Waals surface area contributed by atoms with Crippen molar-refractivity contribution < 1.29 is 9.59 Å². The van der Waals surface area contributed by atoms with Crippen LogP contribution in [0.3, 0.4) is 0 Å². The lowest BCUT2D eigenvalue weighted by atomic mass is 9.92. The van der Waals surface area contributed by atoms with Crippen molar-refractivity contribution in [3.05, 3.63) is 44.7 Å². The van der Waals surface area contributed by atoms with Crippen LogP contribution in [0.4, 0.5) is 17.5 Å². The van der Waals surface area contributed by atoms with E-state index in [-0.39, 0.29) is 23.7 Å². The first-order valence-corrected chi connectivity index (χ1v) is 10.5. The van der Waals surface area contributed by atoms with E-state index in [1.54, 1.807) is 12.1 Å². The maximum Gasteiger partial charge on any atom is 0.258 e. The zero-order valence-electron chi connectivity index (χ0n) is 16.9. The van der Waals surface area contributed by atoms with Gasteiger partial charge >= 0.3 is 0 Å². The summed E-state index contributed by atoms with van der Waals surface area (Å²) < 4.78 is 0. The summed E-state index contributed by atoms with van der Waals surface area (Å²) in [7, 11) is 0. The third-order valence-corrected chi connectivity index (χ3v) is 5.91. The summed E-state index contributed by atoms with van der Waals surface area (Å²) >= 11 is 6.21. The fourth-order valence-electron chi connectivity index (χ4n) is 4.06. The van der Waals surface area contributed by atoms with Gasteiger partial charge in [-0.1, -0.05) is 24.6 Å². The predicted octanol–water partition coefficient (Wildman–Crippen LogP) is 3.03. The normalized spacial score (nSPS) is 21.0. The molecule has 3 heterocycles. The van der Waals surface area contributed by atoms with Crippen molar-refractivity contribution in [2.24, 2.45) is 5.92 Å². The Morgan fingerprint density at radius 2 is 2.13 bits per heavy atom. The second kappa shape index (κ2) is 8.10. The van der Waals surface area contributed by atoms with Crippen LogP contribution in [0.15, 0.2) is 23.0 Å². The number of nitrogens with one attached hydrogen (secondary N) is 3. The van der Waals surface area contributed by atoms with Gasteiger partial charge in [0.25, 0.3) is 5.56 Å². The molecule has 2 aliphatic rings. The molecule has 0 unspecified atom stereocenters. The number of hydrogen-bond acceptors (Lipinski definition) is 5. The Balaban J connectivity index is 1.65. The molecule has 3 N–H and O–H groups in total. The average Bonchev–Trinajstić information content (AvgIpc) is 2.69. The predicted molar refractivity (Wildman–Crippen MR) is 116 cm³/mol. The van der Waals surface area contributed by atoms with Crippen molar-refractivity contribution in [1.29, 1.82) is 0 Å². The minimum Gasteiger partial charge on any atom is -0.342 e. The van der Waals surface area contributed by atoms with Crippen LogP contribution in [0.25, 0.3) is 0 Å². The minimum absolute atomic E-state index is 0.132. The van der Waals surface area contributed by atoms with Crippen LogP contribution in [0.5, 0.6) is 0 Å². The summed E-state index contributed by atoms with van der Waals surface area (Å²) in [5, 5.41) is 5.79. The molecule has 2 aromatic rings. The molecule has 0 aliphatic carbocycles. The molecule has 30 heavy (non-hydrogen) atoms. The molecule has 0 spiro atoms. The number of benzene rings is 1. The molecule has 9 heteroatoms. The SMILES string of the molecule is Cc1ccc(NC(=O)[C@@H]2CC(=O)Nc3nc(N4CCC[C@H](C)C4)[nH]c(=O)c32)c(Cl)c1. The summed E-state index contributed by atoms with van der Waals surface area (Å²) in [6, 6.07) is 5.25. The highest BCUT2D eigenvalue weighted by Gasteiger charge is 2.35. The van der Waals surface area contributed by atoms with Crippen LogP contribution in [0, 0.1) is 12.8 Å². The number of nitrogens with zero attached hydrogens (tertiary/aromatic N) is 2. The molecule has 8 nitrogen and oxygen atoms in total. The van der Waals surface area contributed by atoms with Crippen LogP contribution in [-0.2, 0) is 9.59 Å². The molecule has 1 saturated heterocycles. The van der Waals surface area contributed by atoms with Crippen LogP contribution in [-0.4, -0.2) is 34.9 Å². The molecule has 0 radical (unpaired) electrons. The fraction of sp³-hybridized carbons (Fsp3) is 0.429. The molecule has 158 valence electrons. The van der Waals surface area contributed by atoms with Gasteiger partial charge in [-0.05, 0) is 43.4 Å². The number of carbonyl (C=O) groups excluding carboxylic acids is 2. The van der Waals surface area contributed by atoms with Gasteiger partial charge in [0.2, 0.25) is 17.8 Å². The monoisotopic (exact) mass is 429 g/mol. The third-order valence-electron chi connectivity index (χ3n) is 5.59. The van der Waals surface area contributed by atoms with E-state index >= 15 is 0 Å². The highest BCUT2D eigenvalue weighted by molar-refractivity contribution is 6.33. The maximum atomic E-state index is 13.0. The summed E-state index contributed by atoms with van der Waals surface area (Å²) in [4.78, 5) is 47.4. The number of H-pyrrole nitrogens is 1. The molecular weight excluding hydrogens is 406 g/mol. The van der Waals surface area contributed by atoms with Gasteiger partial charge < -0.3 is 15.5 Å². The van der Waals surface area contributed by atoms with Gasteiger partial charge in [-0.2, -0.15) is 4.98 Å². The molecule has 2 aliphatic heterocycles. The van der Waals surface area contributed by atoms with Crippen molar-refractivity contribution in [3.63, 3.8) is 0 Å². The highest BCUT2D eigenvalue weighted by atomic mass is 35.5. The number of piperidine rings is 1. The second-order valence-electron chi connectivity index (χ2n) is 8.12. The van der Waals surface area contributed by atoms with E-state index in [4.69, 9.17) is 11.6 Å². The Bertz CT molecular complexity index is 1070. The molecule has 0 bridgehead atoms. The van der Waals surface area contributed by atoms with Gasteiger partial charge in [0.15, 0.2) is 0 Å². The van der Waals surface area contributed by atoms with Crippen LogP contribution in [0.1, 0.15) is 43.2 Å². The number of aromatic nitrogens is 2. The Hall–Kier alpha value is -2.87. The average molecular weight is 430 g/mol. The molecule has 1 fully saturated rings. The number of halogens is 1. The second-order valence-corrected chi connectivity index (χ2v) is 8.53. The first-order valence-electron chi connectivity index (χ1n) is 10.1. The quantitative estimate of drug-likeness (QED) is 0.695. The Kier molecular flexibility index (Phi) is 5.51. The first-order chi connectivity index (χ1) is 14.3. The van der Waals surface area contributed by atoms with Gasteiger partial charge in [-0.3, -0.25) is 19.4 Å². The number of amides is 2. The van der Waals surface area contributed by atoms with Gasteiger partial charge in [-0.25, -0.2) is 0 Å². The standard InChI is InChI=1S/C21H24ClN5O3/c1-11-5-6-15(14(22)8-11)23-19(29)13-9-16(28)24-18-17(13)20(30)26-21(25-18)27-7-3-4-12(2)10-27/h5-6,8,12-13H,3-4,7,9-10H2,1-2H3,(H,23,29)(H2,24,25,26,28,30)/t12-,13+/m0/s1.